The maximum Gasteiger partial charge on any atom is 0.346 e. The molecular weight excluding hydrogens is 284 g/mol. The molecule has 0 bridgehead atoms. The van der Waals surface area contributed by atoms with Crippen LogP contribution < -0.4 is 5.69 Å². The number of methoxy groups -OCH3 is 1. The van der Waals surface area contributed by atoms with E-state index in [4.69, 9.17) is 14.6 Å². The molecule has 0 radical (unpaired) electrons. The van der Waals surface area contributed by atoms with E-state index in [9.17, 15) is 9.59 Å². The molecule has 0 fully saturated rings. The SMILES string of the molecule is COCCCOCCSc1nc(=O)[nH]c(C)c1C(=O)O. The zero-order valence-corrected chi connectivity index (χ0v) is 12.3. The van der Waals surface area contributed by atoms with Crippen molar-refractivity contribution in [2.45, 2.75) is 18.4 Å². The van der Waals surface area contributed by atoms with Crippen LogP contribution in [0.5, 0.6) is 0 Å². The van der Waals surface area contributed by atoms with E-state index in [1.54, 1.807) is 7.11 Å². The molecule has 0 aromatic carbocycles. The van der Waals surface area contributed by atoms with Gasteiger partial charge in [0.15, 0.2) is 0 Å². The lowest BCUT2D eigenvalue weighted by Crippen LogP contribution is -2.18. The highest BCUT2D eigenvalue weighted by atomic mass is 32.2. The zero-order chi connectivity index (χ0) is 15.0. The Hall–Kier alpha value is -1.38. The van der Waals surface area contributed by atoms with Crippen molar-refractivity contribution >= 4 is 17.7 Å². The van der Waals surface area contributed by atoms with E-state index in [1.165, 1.54) is 18.7 Å². The number of carbonyl (C=O) groups is 1. The number of hydrogen-bond acceptors (Lipinski definition) is 6. The number of nitrogens with zero attached hydrogens (tertiary/aromatic N) is 1. The summed E-state index contributed by atoms with van der Waals surface area (Å²) in [5.74, 6) is -0.571. The number of carboxylic acid groups (broad SMARTS) is 1. The fraction of sp³-hybridized carbons (Fsp3) is 0.583. The third kappa shape index (κ3) is 5.32. The topological polar surface area (TPSA) is 102 Å². The van der Waals surface area contributed by atoms with Crippen LogP contribution in [0, 0.1) is 6.92 Å². The van der Waals surface area contributed by atoms with Gasteiger partial charge in [-0.15, -0.1) is 11.8 Å². The molecule has 1 heterocycles. The summed E-state index contributed by atoms with van der Waals surface area (Å²) in [6.45, 7) is 3.23. The number of aromatic amines is 1. The van der Waals surface area contributed by atoms with Crippen molar-refractivity contribution in [1.82, 2.24) is 9.97 Å². The average Bonchev–Trinajstić information content (AvgIpc) is 2.36. The van der Waals surface area contributed by atoms with Gasteiger partial charge in [-0.2, -0.15) is 4.98 Å². The van der Waals surface area contributed by atoms with Gasteiger partial charge in [-0.25, -0.2) is 9.59 Å². The Kier molecular flexibility index (Phi) is 7.27. The van der Waals surface area contributed by atoms with Gasteiger partial charge in [-0.05, 0) is 13.3 Å². The predicted octanol–water partition coefficient (Wildman–Crippen LogP) is 0.922. The molecule has 0 saturated carbocycles. The van der Waals surface area contributed by atoms with Gasteiger partial charge < -0.3 is 19.6 Å². The maximum absolute atomic E-state index is 11.3. The van der Waals surface area contributed by atoms with Gasteiger partial charge in [0.1, 0.15) is 10.6 Å². The predicted molar refractivity (Wildman–Crippen MR) is 74.6 cm³/mol. The minimum Gasteiger partial charge on any atom is -0.478 e. The highest BCUT2D eigenvalue weighted by Crippen LogP contribution is 2.20. The van der Waals surface area contributed by atoms with Crippen molar-refractivity contribution in [1.29, 1.82) is 0 Å². The van der Waals surface area contributed by atoms with Gasteiger partial charge in [-0.1, -0.05) is 0 Å². The summed E-state index contributed by atoms with van der Waals surface area (Å²) in [7, 11) is 1.63. The molecule has 0 aliphatic heterocycles. The van der Waals surface area contributed by atoms with E-state index in [-0.39, 0.29) is 10.6 Å². The summed E-state index contributed by atoms with van der Waals surface area (Å²) in [6.07, 6.45) is 0.809. The number of ether oxygens (including phenoxy) is 2. The van der Waals surface area contributed by atoms with Gasteiger partial charge in [0.05, 0.1) is 6.61 Å². The Labute approximate surface area is 120 Å². The number of aromatic nitrogens is 2. The molecular formula is C12H18N2O5S. The van der Waals surface area contributed by atoms with Crippen molar-refractivity contribution < 1.29 is 19.4 Å². The Bertz CT molecular complexity index is 503. The first-order valence-corrected chi connectivity index (χ1v) is 7.08. The Morgan fingerprint density at radius 2 is 2.15 bits per heavy atom. The molecule has 0 aliphatic carbocycles. The lowest BCUT2D eigenvalue weighted by Gasteiger charge is -2.07. The van der Waals surface area contributed by atoms with Crippen LogP contribution in [0.4, 0.5) is 0 Å². The molecule has 1 aromatic heterocycles. The summed E-state index contributed by atoms with van der Waals surface area (Å²) >= 11 is 1.20. The van der Waals surface area contributed by atoms with Gasteiger partial charge in [0.25, 0.3) is 0 Å². The number of aryl methyl sites for hydroxylation is 1. The highest BCUT2D eigenvalue weighted by molar-refractivity contribution is 7.99. The van der Waals surface area contributed by atoms with Crippen LogP contribution in [0.25, 0.3) is 0 Å². The second-order valence-corrected chi connectivity index (χ2v) is 5.04. The van der Waals surface area contributed by atoms with E-state index in [1.807, 2.05) is 0 Å². The number of carboxylic acids is 1. The molecule has 7 nitrogen and oxygen atoms in total. The van der Waals surface area contributed by atoms with Crippen LogP contribution in [-0.2, 0) is 9.47 Å². The monoisotopic (exact) mass is 302 g/mol. The first kappa shape index (κ1) is 16.7. The number of H-pyrrole nitrogens is 1. The van der Waals surface area contributed by atoms with E-state index < -0.39 is 11.7 Å². The molecule has 0 amide bonds. The molecule has 0 saturated heterocycles. The van der Waals surface area contributed by atoms with Crippen LogP contribution in [0.2, 0.25) is 0 Å². The van der Waals surface area contributed by atoms with E-state index in [0.29, 0.717) is 31.3 Å². The summed E-state index contributed by atoms with van der Waals surface area (Å²) in [6, 6.07) is 0. The molecule has 1 rings (SSSR count). The number of thioether (sulfide) groups is 1. The smallest absolute Gasteiger partial charge is 0.346 e. The minimum atomic E-state index is -1.10. The van der Waals surface area contributed by atoms with E-state index >= 15 is 0 Å². The van der Waals surface area contributed by atoms with Crippen molar-refractivity contribution in [3.63, 3.8) is 0 Å². The maximum atomic E-state index is 11.3. The summed E-state index contributed by atoms with van der Waals surface area (Å²) in [5.41, 5.74) is -0.203. The Balaban J connectivity index is 2.51. The number of hydrogen-bond donors (Lipinski definition) is 2. The third-order valence-corrected chi connectivity index (χ3v) is 3.34. The molecule has 8 heteroatoms. The van der Waals surface area contributed by atoms with Crippen molar-refractivity contribution in [3.8, 4) is 0 Å². The lowest BCUT2D eigenvalue weighted by molar-refractivity contribution is 0.0690. The molecule has 0 atom stereocenters. The van der Waals surface area contributed by atoms with Gasteiger partial charge in [-0.3, -0.25) is 0 Å². The van der Waals surface area contributed by atoms with Crippen molar-refractivity contribution in [2.24, 2.45) is 0 Å². The first-order valence-electron chi connectivity index (χ1n) is 6.10. The quantitative estimate of drug-likeness (QED) is 0.397. The van der Waals surface area contributed by atoms with Gasteiger partial charge in [0, 0.05) is 31.8 Å². The molecule has 0 unspecified atom stereocenters. The fourth-order valence-corrected chi connectivity index (χ4v) is 2.45. The summed E-state index contributed by atoms with van der Waals surface area (Å²) in [4.78, 5) is 28.5. The molecule has 0 spiro atoms. The standard InChI is InChI=1S/C12H18N2O5S/c1-8-9(11(15)16)10(14-12(17)13-8)20-7-6-19-5-3-4-18-2/h3-7H2,1-2H3,(H,15,16)(H,13,14,17). The third-order valence-electron chi connectivity index (χ3n) is 2.40. The summed E-state index contributed by atoms with van der Waals surface area (Å²) in [5, 5.41) is 9.34. The first-order chi connectivity index (χ1) is 9.56. The van der Waals surface area contributed by atoms with Crippen LogP contribution in [0.1, 0.15) is 22.5 Å². The second-order valence-electron chi connectivity index (χ2n) is 3.96. The minimum absolute atomic E-state index is 0.0361. The highest BCUT2D eigenvalue weighted by Gasteiger charge is 2.16. The fourth-order valence-electron chi connectivity index (χ4n) is 1.52. The number of nitrogens with one attached hydrogen (secondary N) is 1. The van der Waals surface area contributed by atoms with Gasteiger partial charge in [0.2, 0.25) is 0 Å². The molecule has 2 N–H and O–H groups in total. The van der Waals surface area contributed by atoms with Crippen LogP contribution in [-0.4, -0.2) is 53.7 Å². The molecule has 1 aromatic rings. The van der Waals surface area contributed by atoms with E-state index in [0.717, 1.165) is 6.42 Å². The van der Waals surface area contributed by atoms with Crippen LogP contribution in [0.15, 0.2) is 9.82 Å². The molecule has 0 aliphatic rings. The lowest BCUT2D eigenvalue weighted by atomic mass is 10.2. The Morgan fingerprint density at radius 3 is 2.80 bits per heavy atom. The van der Waals surface area contributed by atoms with Crippen LogP contribution >= 0.6 is 11.8 Å². The van der Waals surface area contributed by atoms with E-state index in [2.05, 4.69) is 9.97 Å². The number of rotatable bonds is 9. The molecule has 20 heavy (non-hydrogen) atoms. The Morgan fingerprint density at radius 1 is 1.40 bits per heavy atom. The number of aromatic carboxylic acids is 1. The van der Waals surface area contributed by atoms with Gasteiger partial charge >= 0.3 is 11.7 Å². The zero-order valence-electron chi connectivity index (χ0n) is 11.5. The van der Waals surface area contributed by atoms with Crippen molar-refractivity contribution in [3.05, 3.63) is 21.7 Å². The largest absolute Gasteiger partial charge is 0.478 e. The van der Waals surface area contributed by atoms with Crippen LogP contribution in [0.3, 0.4) is 0 Å². The second kappa shape index (κ2) is 8.72. The normalized spacial score (nSPS) is 10.7. The van der Waals surface area contributed by atoms with Crippen molar-refractivity contribution in [2.75, 3.05) is 32.7 Å². The summed E-state index contributed by atoms with van der Waals surface area (Å²) < 4.78 is 10.2. The molecule has 112 valence electrons. The average molecular weight is 302 g/mol.